The fraction of sp³-hybridized carbons (Fsp3) is 0.200. The first-order valence-electron chi connectivity index (χ1n) is 6.70. The Morgan fingerprint density at radius 3 is 2.57 bits per heavy atom. The predicted molar refractivity (Wildman–Crippen MR) is 79.4 cm³/mol. The van der Waals surface area contributed by atoms with Crippen LogP contribution in [0.4, 0.5) is 20.2 Å². The molecule has 122 valence electrons. The molecule has 6 nitrogen and oxygen atoms in total. The molecule has 0 saturated carbocycles. The number of nitrogens with one attached hydrogen (secondary N) is 1. The monoisotopic (exact) mass is 324 g/mol. The Kier molecular flexibility index (Phi) is 5.42. The summed E-state index contributed by atoms with van der Waals surface area (Å²) in [6.45, 7) is -0.187. The standard InChI is InChI=1S/C15H14F2N2O4/c16-10-4-6-12(7-5-10)23-9-11(20)8-18-14-3-1-2-13(17)15(14)19(21)22/h1-7,11,18,20H,8-9H2. The summed E-state index contributed by atoms with van der Waals surface area (Å²) in [5.74, 6) is -0.989. The summed E-state index contributed by atoms with van der Waals surface area (Å²) < 4.78 is 31.4. The van der Waals surface area contributed by atoms with Crippen LogP contribution in [0.2, 0.25) is 0 Å². The van der Waals surface area contributed by atoms with Gasteiger partial charge in [0.15, 0.2) is 0 Å². The van der Waals surface area contributed by atoms with E-state index in [4.69, 9.17) is 4.74 Å². The van der Waals surface area contributed by atoms with Crippen molar-refractivity contribution in [2.45, 2.75) is 6.10 Å². The highest BCUT2D eigenvalue weighted by Gasteiger charge is 2.20. The lowest BCUT2D eigenvalue weighted by Crippen LogP contribution is -2.26. The molecule has 0 aliphatic rings. The number of halogens is 2. The van der Waals surface area contributed by atoms with Crippen molar-refractivity contribution < 1.29 is 23.5 Å². The van der Waals surface area contributed by atoms with Gasteiger partial charge in [0.1, 0.15) is 30.0 Å². The number of aliphatic hydroxyl groups excluding tert-OH is 1. The molecule has 0 aliphatic carbocycles. The summed E-state index contributed by atoms with van der Waals surface area (Å²) >= 11 is 0. The summed E-state index contributed by atoms with van der Waals surface area (Å²) in [5.41, 5.74) is -0.713. The number of nitrogens with zero attached hydrogens (tertiary/aromatic N) is 1. The summed E-state index contributed by atoms with van der Waals surface area (Å²) in [6, 6.07) is 8.91. The maximum Gasteiger partial charge on any atom is 0.327 e. The van der Waals surface area contributed by atoms with Gasteiger partial charge < -0.3 is 15.2 Å². The van der Waals surface area contributed by atoms with Crippen LogP contribution < -0.4 is 10.1 Å². The van der Waals surface area contributed by atoms with E-state index in [0.29, 0.717) is 5.75 Å². The molecule has 0 aromatic heterocycles. The maximum atomic E-state index is 13.4. The fourth-order valence-electron chi connectivity index (χ4n) is 1.85. The molecule has 2 aromatic carbocycles. The first-order chi connectivity index (χ1) is 11.0. The summed E-state index contributed by atoms with van der Waals surface area (Å²) in [6.07, 6.45) is -0.997. The van der Waals surface area contributed by atoms with Crippen LogP contribution in [0.1, 0.15) is 0 Å². The fourth-order valence-corrected chi connectivity index (χ4v) is 1.85. The first-order valence-corrected chi connectivity index (χ1v) is 6.70. The van der Waals surface area contributed by atoms with Crippen LogP contribution in [0.15, 0.2) is 42.5 Å². The second-order valence-corrected chi connectivity index (χ2v) is 4.69. The number of para-hydroxylation sites is 1. The van der Waals surface area contributed by atoms with Crippen molar-refractivity contribution in [3.63, 3.8) is 0 Å². The van der Waals surface area contributed by atoms with E-state index < -0.39 is 28.3 Å². The van der Waals surface area contributed by atoms with Gasteiger partial charge in [0.25, 0.3) is 0 Å². The minimum atomic E-state index is -0.997. The molecule has 1 atom stereocenters. The molecular weight excluding hydrogens is 310 g/mol. The molecule has 2 N–H and O–H groups in total. The average Bonchev–Trinajstić information content (AvgIpc) is 2.52. The first kappa shape index (κ1) is 16.6. The lowest BCUT2D eigenvalue weighted by atomic mass is 10.2. The molecular formula is C15H14F2N2O4. The molecule has 23 heavy (non-hydrogen) atoms. The molecule has 0 aliphatic heterocycles. The van der Waals surface area contributed by atoms with Gasteiger partial charge in [-0.25, -0.2) is 4.39 Å². The van der Waals surface area contributed by atoms with Gasteiger partial charge >= 0.3 is 5.69 Å². The van der Waals surface area contributed by atoms with Gasteiger partial charge in [-0.2, -0.15) is 4.39 Å². The zero-order valence-electron chi connectivity index (χ0n) is 11.9. The number of ether oxygens (including phenoxy) is 1. The Morgan fingerprint density at radius 1 is 1.22 bits per heavy atom. The van der Waals surface area contributed by atoms with Gasteiger partial charge in [0, 0.05) is 6.54 Å². The summed E-state index contributed by atoms with van der Waals surface area (Å²) in [5, 5.41) is 23.2. The Hall–Kier alpha value is -2.74. The highest BCUT2D eigenvalue weighted by Crippen LogP contribution is 2.27. The van der Waals surface area contributed by atoms with E-state index in [1.54, 1.807) is 0 Å². The van der Waals surface area contributed by atoms with Crippen LogP contribution in [0.25, 0.3) is 0 Å². The highest BCUT2D eigenvalue weighted by atomic mass is 19.1. The molecule has 0 bridgehead atoms. The third-order valence-corrected chi connectivity index (χ3v) is 2.95. The average molecular weight is 324 g/mol. The predicted octanol–water partition coefficient (Wildman–Crippen LogP) is 2.72. The number of hydrogen-bond acceptors (Lipinski definition) is 5. The van der Waals surface area contributed by atoms with Crippen molar-refractivity contribution in [3.05, 3.63) is 64.2 Å². The minimum absolute atomic E-state index is 0.0316. The second-order valence-electron chi connectivity index (χ2n) is 4.69. The number of benzene rings is 2. The van der Waals surface area contributed by atoms with E-state index in [1.165, 1.54) is 36.4 Å². The zero-order valence-corrected chi connectivity index (χ0v) is 11.9. The SMILES string of the molecule is O=[N+]([O-])c1c(F)cccc1NCC(O)COc1ccc(F)cc1. The maximum absolute atomic E-state index is 13.4. The van der Waals surface area contributed by atoms with Crippen molar-refractivity contribution in [1.82, 2.24) is 0 Å². The Bertz CT molecular complexity index is 680. The van der Waals surface area contributed by atoms with E-state index in [0.717, 1.165) is 6.07 Å². The number of rotatable bonds is 7. The van der Waals surface area contributed by atoms with E-state index >= 15 is 0 Å². The number of nitro groups is 1. The van der Waals surface area contributed by atoms with Crippen LogP contribution in [0, 0.1) is 21.7 Å². The third-order valence-electron chi connectivity index (χ3n) is 2.95. The number of nitro benzene ring substituents is 1. The minimum Gasteiger partial charge on any atom is -0.491 e. The van der Waals surface area contributed by atoms with Gasteiger partial charge in [-0.1, -0.05) is 6.07 Å². The molecule has 0 saturated heterocycles. The van der Waals surface area contributed by atoms with Crippen molar-refractivity contribution in [2.24, 2.45) is 0 Å². The molecule has 0 spiro atoms. The van der Waals surface area contributed by atoms with Crippen molar-refractivity contribution in [1.29, 1.82) is 0 Å². The molecule has 0 amide bonds. The number of hydrogen-bond donors (Lipinski definition) is 2. The van der Waals surface area contributed by atoms with Crippen molar-refractivity contribution >= 4 is 11.4 Å². The van der Waals surface area contributed by atoms with E-state index in [9.17, 15) is 24.0 Å². The quantitative estimate of drug-likeness (QED) is 0.604. The molecule has 2 aromatic rings. The van der Waals surface area contributed by atoms with Gasteiger partial charge in [0.2, 0.25) is 5.82 Å². The van der Waals surface area contributed by atoms with Crippen LogP contribution in [0.3, 0.4) is 0 Å². The van der Waals surface area contributed by atoms with Gasteiger partial charge in [-0.3, -0.25) is 10.1 Å². The zero-order chi connectivity index (χ0) is 16.8. The van der Waals surface area contributed by atoms with Crippen LogP contribution in [-0.4, -0.2) is 29.3 Å². The highest BCUT2D eigenvalue weighted by molar-refractivity contribution is 5.61. The van der Waals surface area contributed by atoms with Gasteiger partial charge in [-0.15, -0.1) is 0 Å². The third kappa shape index (κ3) is 4.62. The van der Waals surface area contributed by atoms with Crippen LogP contribution in [0.5, 0.6) is 5.75 Å². The van der Waals surface area contributed by atoms with Gasteiger partial charge in [0.05, 0.1) is 4.92 Å². The normalized spacial score (nSPS) is 11.8. The van der Waals surface area contributed by atoms with Crippen LogP contribution in [-0.2, 0) is 0 Å². The van der Waals surface area contributed by atoms with Crippen molar-refractivity contribution in [2.75, 3.05) is 18.5 Å². The lowest BCUT2D eigenvalue weighted by Gasteiger charge is -2.14. The molecule has 2 rings (SSSR count). The molecule has 1 unspecified atom stereocenters. The molecule has 0 heterocycles. The van der Waals surface area contributed by atoms with Crippen molar-refractivity contribution in [3.8, 4) is 5.75 Å². The van der Waals surface area contributed by atoms with Crippen LogP contribution >= 0.6 is 0 Å². The smallest absolute Gasteiger partial charge is 0.327 e. The Labute approximate surface area is 130 Å². The topological polar surface area (TPSA) is 84.6 Å². The lowest BCUT2D eigenvalue weighted by molar-refractivity contribution is -0.386. The largest absolute Gasteiger partial charge is 0.491 e. The number of aliphatic hydroxyl groups is 1. The van der Waals surface area contributed by atoms with E-state index in [-0.39, 0.29) is 18.8 Å². The summed E-state index contributed by atoms with van der Waals surface area (Å²) in [7, 11) is 0. The van der Waals surface area contributed by atoms with E-state index in [2.05, 4.69) is 5.32 Å². The van der Waals surface area contributed by atoms with Gasteiger partial charge in [-0.05, 0) is 36.4 Å². The number of anilines is 1. The molecule has 0 fully saturated rings. The summed E-state index contributed by atoms with van der Waals surface area (Å²) in [4.78, 5) is 10.00. The Morgan fingerprint density at radius 2 is 1.91 bits per heavy atom. The molecule has 8 heteroatoms. The van der Waals surface area contributed by atoms with E-state index in [1.807, 2.05) is 0 Å². The Balaban J connectivity index is 1.89. The second kappa shape index (κ2) is 7.50. The molecule has 0 radical (unpaired) electrons.